The lowest BCUT2D eigenvalue weighted by atomic mass is 9.91. The fraction of sp³-hybridized carbons (Fsp3) is 0.854. The van der Waals surface area contributed by atoms with Crippen LogP contribution in [0.5, 0.6) is 0 Å². The fourth-order valence-electron chi connectivity index (χ4n) is 2.86. The molecule has 0 aliphatic heterocycles. The predicted octanol–water partition coefficient (Wildman–Crippen LogP) is 7.91. The first kappa shape index (κ1) is 52.2. The van der Waals surface area contributed by atoms with Crippen molar-refractivity contribution in [3.05, 3.63) is 0 Å². The molecule has 0 aliphatic rings. The van der Waals surface area contributed by atoms with Crippen LogP contribution >= 0.6 is 0 Å². The average Bonchev–Trinajstić information content (AvgIpc) is 2.94. The maximum absolute atomic E-state index is 11.6. The zero-order valence-corrected chi connectivity index (χ0v) is 35.1. The van der Waals surface area contributed by atoms with Crippen LogP contribution in [-0.2, 0) is 38.1 Å². The molecule has 0 aliphatic carbocycles. The van der Waals surface area contributed by atoms with Gasteiger partial charge in [-0.25, -0.2) is 0 Å². The lowest BCUT2D eigenvalue weighted by molar-refractivity contribution is -0.134. The molecule has 0 atom stereocenters. The predicted molar refractivity (Wildman–Crippen MR) is 205 cm³/mol. The van der Waals surface area contributed by atoms with Gasteiger partial charge >= 0.3 is 0 Å². The van der Waals surface area contributed by atoms with E-state index in [1.807, 2.05) is 55.4 Å². The summed E-state index contributed by atoms with van der Waals surface area (Å²) in [6.45, 7) is 35.8. The van der Waals surface area contributed by atoms with Gasteiger partial charge in [0.15, 0.2) is 11.6 Å². The minimum absolute atomic E-state index is 0.0131. The van der Waals surface area contributed by atoms with Crippen molar-refractivity contribution in [2.75, 3.05) is 59.4 Å². The molecule has 0 saturated heterocycles. The fourth-order valence-corrected chi connectivity index (χ4v) is 2.86. The van der Waals surface area contributed by atoms with Crippen molar-refractivity contribution in [1.29, 1.82) is 0 Å². The van der Waals surface area contributed by atoms with E-state index in [9.17, 15) is 19.2 Å². The second kappa shape index (κ2) is 27.5. The molecular formula is C41H77NO8. The van der Waals surface area contributed by atoms with Crippen LogP contribution in [-0.4, -0.2) is 82.7 Å². The maximum Gasteiger partial charge on any atom is 0.246 e. The monoisotopic (exact) mass is 712 g/mol. The number of hydrogen-bond acceptors (Lipinski definition) is 8. The molecule has 0 rings (SSSR count). The van der Waals surface area contributed by atoms with Gasteiger partial charge in [-0.05, 0) is 29.6 Å². The first-order valence-electron chi connectivity index (χ1n) is 18.3. The van der Waals surface area contributed by atoms with Gasteiger partial charge in [-0.1, -0.05) is 117 Å². The number of rotatable bonds is 19. The molecule has 0 radical (unpaired) electrons. The number of Topliss-reactive ketones (excluding diaryl/α,β-unsaturated/α-hetero) is 3. The second-order valence-electron chi connectivity index (χ2n) is 17.8. The SMILES string of the molecule is CC(C)(C)CCOCCNC(=O)COCC(=O)C(C)(C)C.CC(C)(C)CCOCCOCC(=O)C(C)(C)C.CC(C)CC#CCC(=O)C(C)C. The number of hydrogen-bond donors (Lipinski definition) is 1. The summed E-state index contributed by atoms with van der Waals surface area (Å²) < 4.78 is 21.3. The highest BCUT2D eigenvalue weighted by atomic mass is 16.5. The third-order valence-corrected chi connectivity index (χ3v) is 6.85. The highest BCUT2D eigenvalue weighted by molar-refractivity contribution is 5.85. The van der Waals surface area contributed by atoms with Crippen LogP contribution in [0, 0.1) is 45.3 Å². The van der Waals surface area contributed by atoms with Gasteiger partial charge < -0.3 is 24.3 Å². The third-order valence-electron chi connectivity index (χ3n) is 6.85. The van der Waals surface area contributed by atoms with E-state index < -0.39 is 5.41 Å². The first-order chi connectivity index (χ1) is 22.7. The summed E-state index contributed by atoms with van der Waals surface area (Å²) >= 11 is 0. The van der Waals surface area contributed by atoms with E-state index in [-0.39, 0.29) is 59.8 Å². The number of amides is 1. The molecule has 294 valence electrons. The molecule has 0 bridgehead atoms. The van der Waals surface area contributed by atoms with Crippen molar-refractivity contribution >= 4 is 23.3 Å². The quantitative estimate of drug-likeness (QED) is 0.106. The smallest absolute Gasteiger partial charge is 0.246 e. The van der Waals surface area contributed by atoms with Crippen LogP contribution < -0.4 is 5.32 Å². The standard InChI is InChI=1S/C16H31NO4.C14H28O3.C11H18O/c1-15(2,3)7-9-20-10-8-17-14(19)12-21-11-13(18)16(4,5)6;1-13(2,3)7-8-16-9-10-17-11-12(15)14(4,5)6;1-9(2)7-5-6-8-11(12)10(3)4/h7-12H2,1-6H3,(H,17,19);7-11H2,1-6H3;9-10H,7-8H2,1-4H3. The highest BCUT2D eigenvalue weighted by Crippen LogP contribution is 2.19. The Balaban J connectivity index is -0.000000688. The molecule has 0 aromatic rings. The molecule has 1 amide bonds. The molecule has 0 spiro atoms. The van der Waals surface area contributed by atoms with Gasteiger partial charge in [-0.15, -0.1) is 5.92 Å². The largest absolute Gasteiger partial charge is 0.380 e. The Morgan fingerprint density at radius 1 is 0.560 bits per heavy atom. The summed E-state index contributed by atoms with van der Waals surface area (Å²) in [4.78, 5) is 45.6. The minimum atomic E-state index is -0.433. The molecule has 0 unspecified atom stereocenters. The van der Waals surface area contributed by atoms with Crippen LogP contribution in [0.2, 0.25) is 0 Å². The number of ketones is 3. The Morgan fingerprint density at radius 3 is 1.42 bits per heavy atom. The molecule has 0 aromatic carbocycles. The summed E-state index contributed by atoms with van der Waals surface area (Å²) in [5.74, 6) is 6.76. The van der Waals surface area contributed by atoms with Gasteiger partial charge in [-0.3, -0.25) is 19.2 Å². The molecular weight excluding hydrogens is 634 g/mol. The van der Waals surface area contributed by atoms with Gasteiger partial charge in [0.2, 0.25) is 5.91 Å². The summed E-state index contributed by atoms with van der Waals surface area (Å²) in [7, 11) is 0. The Kier molecular flexibility index (Phi) is 28.8. The molecule has 9 nitrogen and oxygen atoms in total. The van der Waals surface area contributed by atoms with Crippen molar-refractivity contribution in [1.82, 2.24) is 5.32 Å². The number of carbonyl (C=O) groups is 4. The Labute approximate surface area is 307 Å². The molecule has 0 heterocycles. The van der Waals surface area contributed by atoms with Crippen LogP contribution in [0.15, 0.2) is 0 Å². The summed E-state index contributed by atoms with van der Waals surface area (Å²) in [6, 6.07) is 0. The van der Waals surface area contributed by atoms with E-state index >= 15 is 0 Å². The molecule has 50 heavy (non-hydrogen) atoms. The first-order valence-corrected chi connectivity index (χ1v) is 18.3. The van der Waals surface area contributed by atoms with Crippen molar-refractivity contribution in [3.63, 3.8) is 0 Å². The zero-order valence-electron chi connectivity index (χ0n) is 35.1. The molecule has 0 saturated carbocycles. The summed E-state index contributed by atoms with van der Waals surface area (Å²) in [6.07, 6.45) is 3.34. The van der Waals surface area contributed by atoms with E-state index in [0.717, 1.165) is 25.9 Å². The van der Waals surface area contributed by atoms with Crippen LogP contribution in [0.1, 0.15) is 136 Å². The minimum Gasteiger partial charge on any atom is -0.380 e. The number of carbonyl (C=O) groups excluding carboxylic acids is 4. The topological polar surface area (TPSA) is 117 Å². The van der Waals surface area contributed by atoms with E-state index in [4.69, 9.17) is 18.9 Å². The van der Waals surface area contributed by atoms with Crippen LogP contribution in [0.25, 0.3) is 0 Å². The van der Waals surface area contributed by atoms with E-state index in [2.05, 4.69) is 72.5 Å². The Morgan fingerprint density at radius 2 is 1.00 bits per heavy atom. The zero-order chi connectivity index (χ0) is 39.6. The molecule has 0 aromatic heterocycles. The normalized spacial score (nSPS) is 11.9. The van der Waals surface area contributed by atoms with Crippen LogP contribution in [0.3, 0.4) is 0 Å². The molecule has 9 heteroatoms. The Bertz CT molecular complexity index is 993. The lowest BCUT2D eigenvalue weighted by Crippen LogP contribution is -2.33. The second-order valence-corrected chi connectivity index (χ2v) is 17.8. The van der Waals surface area contributed by atoms with Crippen molar-refractivity contribution in [3.8, 4) is 11.8 Å². The van der Waals surface area contributed by atoms with E-state index in [1.165, 1.54) is 0 Å². The third kappa shape index (κ3) is 40.3. The summed E-state index contributed by atoms with van der Waals surface area (Å²) in [5, 5.41) is 2.69. The van der Waals surface area contributed by atoms with Crippen molar-refractivity contribution in [2.45, 2.75) is 136 Å². The van der Waals surface area contributed by atoms with E-state index in [1.54, 1.807) is 0 Å². The highest BCUT2D eigenvalue weighted by Gasteiger charge is 2.22. The van der Waals surface area contributed by atoms with Crippen LogP contribution in [0.4, 0.5) is 0 Å². The van der Waals surface area contributed by atoms with Gasteiger partial charge in [0.05, 0.1) is 26.2 Å². The van der Waals surface area contributed by atoms with Crippen molar-refractivity contribution < 1.29 is 38.1 Å². The number of nitrogens with one attached hydrogen (secondary N) is 1. The van der Waals surface area contributed by atoms with Gasteiger partial charge in [-0.2, -0.15) is 0 Å². The van der Waals surface area contributed by atoms with Crippen molar-refractivity contribution in [2.24, 2.45) is 33.5 Å². The van der Waals surface area contributed by atoms with E-state index in [0.29, 0.717) is 50.7 Å². The molecule has 1 N–H and O–H groups in total. The van der Waals surface area contributed by atoms with Gasteiger partial charge in [0, 0.05) is 42.9 Å². The van der Waals surface area contributed by atoms with Gasteiger partial charge in [0.25, 0.3) is 0 Å². The van der Waals surface area contributed by atoms with Gasteiger partial charge in [0.1, 0.15) is 25.6 Å². The Hall–Kier alpha value is -2.12. The maximum atomic E-state index is 11.6. The number of ether oxygens (including phenoxy) is 4. The molecule has 0 fully saturated rings. The lowest BCUT2D eigenvalue weighted by Gasteiger charge is -2.18. The average molecular weight is 712 g/mol. The summed E-state index contributed by atoms with van der Waals surface area (Å²) in [5.41, 5.74) is -0.176.